The molecule has 16 heavy (non-hydrogen) atoms. The van der Waals surface area contributed by atoms with E-state index in [2.05, 4.69) is 10.4 Å². The molecule has 1 aromatic heterocycles. The van der Waals surface area contributed by atoms with Crippen molar-refractivity contribution in [2.24, 2.45) is 0 Å². The molecular formula is C11H16ClN3O. The molecule has 5 heteroatoms. The van der Waals surface area contributed by atoms with E-state index in [4.69, 9.17) is 11.6 Å². The van der Waals surface area contributed by atoms with Crippen LogP contribution in [-0.2, 0) is 5.54 Å². The van der Waals surface area contributed by atoms with Gasteiger partial charge in [-0.2, -0.15) is 5.10 Å². The van der Waals surface area contributed by atoms with Crippen LogP contribution >= 0.6 is 11.6 Å². The van der Waals surface area contributed by atoms with Gasteiger partial charge in [0.05, 0.1) is 17.3 Å². The highest BCUT2D eigenvalue weighted by Gasteiger charge is 2.27. The molecule has 0 unspecified atom stereocenters. The quantitative estimate of drug-likeness (QED) is 0.863. The van der Waals surface area contributed by atoms with Crippen molar-refractivity contribution in [3.63, 3.8) is 0 Å². The van der Waals surface area contributed by atoms with Crippen LogP contribution in [-0.4, -0.2) is 21.7 Å². The SMILES string of the molecule is CC(C)(C)n1ncc(C(=O)NC2CC2)c1Cl. The van der Waals surface area contributed by atoms with Gasteiger partial charge in [0.2, 0.25) is 0 Å². The predicted octanol–water partition coefficient (Wildman–Crippen LogP) is 2.18. The number of hydrogen-bond acceptors (Lipinski definition) is 2. The van der Waals surface area contributed by atoms with Crippen molar-refractivity contribution >= 4 is 17.5 Å². The summed E-state index contributed by atoms with van der Waals surface area (Å²) in [5.41, 5.74) is 0.248. The fraction of sp³-hybridized carbons (Fsp3) is 0.636. The molecular weight excluding hydrogens is 226 g/mol. The minimum Gasteiger partial charge on any atom is -0.349 e. The van der Waals surface area contributed by atoms with Gasteiger partial charge in [-0.05, 0) is 33.6 Å². The van der Waals surface area contributed by atoms with Crippen molar-refractivity contribution in [3.05, 3.63) is 16.9 Å². The Morgan fingerprint density at radius 1 is 1.56 bits per heavy atom. The van der Waals surface area contributed by atoms with Gasteiger partial charge in [-0.15, -0.1) is 0 Å². The van der Waals surface area contributed by atoms with E-state index in [0.717, 1.165) is 12.8 Å². The molecule has 0 aromatic carbocycles. The smallest absolute Gasteiger partial charge is 0.256 e. The van der Waals surface area contributed by atoms with Gasteiger partial charge in [0.25, 0.3) is 5.91 Å². The second kappa shape index (κ2) is 3.77. The van der Waals surface area contributed by atoms with E-state index in [-0.39, 0.29) is 11.4 Å². The van der Waals surface area contributed by atoms with Gasteiger partial charge < -0.3 is 5.32 Å². The molecule has 0 aliphatic heterocycles. The van der Waals surface area contributed by atoms with Crippen LogP contribution in [0.4, 0.5) is 0 Å². The first-order valence-electron chi connectivity index (χ1n) is 5.44. The highest BCUT2D eigenvalue weighted by molar-refractivity contribution is 6.32. The number of carbonyl (C=O) groups is 1. The number of nitrogens with one attached hydrogen (secondary N) is 1. The normalized spacial score (nSPS) is 16.2. The van der Waals surface area contributed by atoms with Crippen molar-refractivity contribution in [2.45, 2.75) is 45.2 Å². The minimum absolute atomic E-state index is 0.122. The summed E-state index contributed by atoms with van der Waals surface area (Å²) in [6.07, 6.45) is 3.67. The molecule has 0 saturated heterocycles. The van der Waals surface area contributed by atoms with E-state index in [0.29, 0.717) is 16.8 Å². The molecule has 0 radical (unpaired) electrons. The van der Waals surface area contributed by atoms with Gasteiger partial charge in [0.15, 0.2) is 0 Å². The number of amides is 1. The van der Waals surface area contributed by atoms with Crippen LogP contribution in [0.1, 0.15) is 44.0 Å². The number of halogens is 1. The Morgan fingerprint density at radius 2 is 2.19 bits per heavy atom. The molecule has 2 rings (SSSR count). The number of hydrogen-bond donors (Lipinski definition) is 1. The van der Waals surface area contributed by atoms with Crippen LogP contribution in [0, 0.1) is 0 Å². The second-order valence-corrected chi connectivity index (χ2v) is 5.54. The van der Waals surface area contributed by atoms with E-state index in [1.807, 2.05) is 20.8 Å². The molecule has 0 spiro atoms. The average molecular weight is 242 g/mol. The van der Waals surface area contributed by atoms with Crippen molar-refractivity contribution in [1.82, 2.24) is 15.1 Å². The number of rotatable bonds is 2. The summed E-state index contributed by atoms with van der Waals surface area (Å²) < 4.78 is 1.66. The lowest BCUT2D eigenvalue weighted by Crippen LogP contribution is -2.26. The first kappa shape index (κ1) is 11.5. The van der Waals surface area contributed by atoms with E-state index in [9.17, 15) is 4.79 Å². The Kier molecular flexibility index (Phi) is 2.70. The average Bonchev–Trinajstić information content (AvgIpc) is 2.85. The molecule has 1 aliphatic rings. The van der Waals surface area contributed by atoms with Crippen LogP contribution in [0.2, 0.25) is 5.15 Å². The van der Waals surface area contributed by atoms with Gasteiger partial charge in [0, 0.05) is 6.04 Å². The molecule has 1 fully saturated rings. The number of carbonyl (C=O) groups excluding carboxylic acids is 1. The fourth-order valence-corrected chi connectivity index (χ4v) is 1.88. The summed E-state index contributed by atoms with van der Waals surface area (Å²) in [4.78, 5) is 11.8. The first-order valence-corrected chi connectivity index (χ1v) is 5.82. The molecule has 1 heterocycles. The van der Waals surface area contributed by atoms with Crippen LogP contribution in [0.15, 0.2) is 6.20 Å². The first-order chi connectivity index (χ1) is 7.39. The molecule has 88 valence electrons. The summed E-state index contributed by atoms with van der Waals surface area (Å²) >= 11 is 6.15. The van der Waals surface area contributed by atoms with E-state index in [1.165, 1.54) is 6.20 Å². The van der Waals surface area contributed by atoms with Crippen LogP contribution in [0.3, 0.4) is 0 Å². The van der Waals surface area contributed by atoms with E-state index >= 15 is 0 Å². The maximum absolute atomic E-state index is 11.8. The topological polar surface area (TPSA) is 46.9 Å². The standard InChI is InChI=1S/C11H16ClN3O/c1-11(2,3)15-9(12)8(6-13-15)10(16)14-7-4-5-7/h6-7H,4-5H2,1-3H3,(H,14,16). The third kappa shape index (κ3) is 2.21. The zero-order valence-corrected chi connectivity index (χ0v) is 10.5. The highest BCUT2D eigenvalue weighted by atomic mass is 35.5. The van der Waals surface area contributed by atoms with Crippen molar-refractivity contribution in [1.29, 1.82) is 0 Å². The highest BCUT2D eigenvalue weighted by Crippen LogP contribution is 2.25. The van der Waals surface area contributed by atoms with Crippen LogP contribution < -0.4 is 5.32 Å². The van der Waals surface area contributed by atoms with Crippen molar-refractivity contribution in [2.75, 3.05) is 0 Å². The summed E-state index contributed by atoms with van der Waals surface area (Å²) in [5, 5.41) is 7.47. The lowest BCUT2D eigenvalue weighted by Gasteiger charge is -2.20. The zero-order chi connectivity index (χ0) is 11.9. The summed E-state index contributed by atoms with van der Waals surface area (Å²) in [7, 11) is 0. The maximum Gasteiger partial charge on any atom is 0.256 e. The largest absolute Gasteiger partial charge is 0.349 e. The Hall–Kier alpha value is -1.03. The molecule has 0 bridgehead atoms. The van der Waals surface area contributed by atoms with Gasteiger partial charge >= 0.3 is 0 Å². The maximum atomic E-state index is 11.8. The number of nitrogens with zero attached hydrogens (tertiary/aromatic N) is 2. The number of aromatic nitrogens is 2. The molecule has 1 N–H and O–H groups in total. The minimum atomic E-state index is -0.213. The van der Waals surface area contributed by atoms with Gasteiger partial charge in [-0.25, -0.2) is 4.68 Å². The molecule has 0 atom stereocenters. The Labute approximate surface area is 100.0 Å². The van der Waals surface area contributed by atoms with Gasteiger partial charge in [-0.1, -0.05) is 11.6 Å². The molecule has 4 nitrogen and oxygen atoms in total. The lowest BCUT2D eigenvalue weighted by molar-refractivity contribution is 0.0951. The zero-order valence-electron chi connectivity index (χ0n) is 9.75. The summed E-state index contributed by atoms with van der Waals surface area (Å²) in [6, 6.07) is 0.335. The third-order valence-electron chi connectivity index (χ3n) is 2.50. The van der Waals surface area contributed by atoms with Crippen LogP contribution in [0.5, 0.6) is 0 Å². The predicted molar refractivity (Wildman–Crippen MR) is 62.7 cm³/mol. The lowest BCUT2D eigenvalue weighted by atomic mass is 10.1. The van der Waals surface area contributed by atoms with Crippen molar-refractivity contribution in [3.8, 4) is 0 Å². The molecule has 1 aromatic rings. The summed E-state index contributed by atoms with van der Waals surface area (Å²) in [5.74, 6) is -0.122. The van der Waals surface area contributed by atoms with Gasteiger partial charge in [-0.3, -0.25) is 4.79 Å². The molecule has 1 aliphatic carbocycles. The molecule has 1 amide bonds. The van der Waals surface area contributed by atoms with E-state index < -0.39 is 0 Å². The van der Waals surface area contributed by atoms with Crippen LogP contribution in [0.25, 0.3) is 0 Å². The van der Waals surface area contributed by atoms with Crippen molar-refractivity contribution < 1.29 is 4.79 Å². The van der Waals surface area contributed by atoms with E-state index in [1.54, 1.807) is 4.68 Å². The Morgan fingerprint density at radius 3 is 2.62 bits per heavy atom. The Bertz CT molecular complexity index is 415. The summed E-state index contributed by atoms with van der Waals surface area (Å²) in [6.45, 7) is 5.98. The third-order valence-corrected chi connectivity index (χ3v) is 2.87. The monoisotopic (exact) mass is 241 g/mol. The fourth-order valence-electron chi connectivity index (χ4n) is 1.44. The second-order valence-electron chi connectivity index (χ2n) is 5.18. The van der Waals surface area contributed by atoms with Gasteiger partial charge in [0.1, 0.15) is 5.15 Å². The molecule has 1 saturated carbocycles. The Balaban J connectivity index is 2.21.